The van der Waals surface area contributed by atoms with Crippen LogP contribution in [-0.4, -0.2) is 41.8 Å². The summed E-state index contributed by atoms with van der Waals surface area (Å²) >= 11 is 0. The second-order valence-electron chi connectivity index (χ2n) is 7.24. The number of rotatable bonds is 6. The molecule has 1 aliphatic rings. The van der Waals surface area contributed by atoms with E-state index in [-0.39, 0.29) is 17.9 Å². The zero-order valence-electron chi connectivity index (χ0n) is 16.6. The average Bonchev–Trinajstić information content (AvgIpc) is 2.73. The fourth-order valence-corrected chi connectivity index (χ4v) is 3.46. The molecule has 0 unspecified atom stereocenters. The zero-order chi connectivity index (χ0) is 20.6. The first kappa shape index (κ1) is 20.6. The number of nitrogens with one attached hydrogen (secondary N) is 1. The van der Waals surface area contributed by atoms with Crippen molar-refractivity contribution in [2.75, 3.05) is 13.1 Å². The second kappa shape index (κ2) is 9.87. The van der Waals surface area contributed by atoms with Crippen LogP contribution >= 0.6 is 0 Å². The molecule has 1 aliphatic heterocycles. The van der Waals surface area contributed by atoms with E-state index in [1.54, 1.807) is 24.3 Å². The molecular formula is C23H26N2O4. The largest absolute Gasteiger partial charge is 0.427 e. The Morgan fingerprint density at radius 1 is 1.03 bits per heavy atom. The Kier molecular flexibility index (Phi) is 7.00. The topological polar surface area (TPSA) is 75.7 Å². The van der Waals surface area contributed by atoms with Gasteiger partial charge in [0.25, 0.3) is 5.91 Å². The van der Waals surface area contributed by atoms with E-state index >= 15 is 0 Å². The van der Waals surface area contributed by atoms with Crippen LogP contribution in [0.25, 0.3) is 0 Å². The molecule has 1 fully saturated rings. The Morgan fingerprint density at radius 2 is 1.76 bits per heavy atom. The lowest BCUT2D eigenvalue weighted by Crippen LogP contribution is -2.46. The number of carbonyl (C=O) groups is 3. The van der Waals surface area contributed by atoms with E-state index in [1.807, 2.05) is 35.2 Å². The summed E-state index contributed by atoms with van der Waals surface area (Å²) in [6, 6.07) is 16.6. The van der Waals surface area contributed by atoms with Crippen LogP contribution in [0.3, 0.4) is 0 Å². The summed E-state index contributed by atoms with van der Waals surface area (Å²) < 4.78 is 5.03. The van der Waals surface area contributed by atoms with Crippen LogP contribution in [-0.2, 0) is 16.0 Å². The molecule has 1 saturated heterocycles. The van der Waals surface area contributed by atoms with Gasteiger partial charge in [0.2, 0.25) is 5.91 Å². The molecule has 1 N–H and O–H groups in total. The summed E-state index contributed by atoms with van der Waals surface area (Å²) in [5, 5.41) is 3.02. The van der Waals surface area contributed by atoms with E-state index in [0.29, 0.717) is 30.8 Å². The highest BCUT2D eigenvalue weighted by Gasteiger charge is 2.24. The molecule has 0 aliphatic carbocycles. The molecule has 6 nitrogen and oxygen atoms in total. The lowest BCUT2D eigenvalue weighted by molar-refractivity contribution is -0.133. The summed E-state index contributed by atoms with van der Waals surface area (Å²) in [6.45, 7) is 2.61. The van der Waals surface area contributed by atoms with Gasteiger partial charge in [0.15, 0.2) is 0 Å². The van der Waals surface area contributed by atoms with E-state index in [9.17, 15) is 14.4 Å². The third-order valence-electron chi connectivity index (χ3n) is 5.01. The lowest BCUT2D eigenvalue weighted by Gasteiger charge is -2.32. The molecule has 1 heterocycles. The van der Waals surface area contributed by atoms with Gasteiger partial charge in [-0.15, -0.1) is 0 Å². The van der Waals surface area contributed by atoms with Gasteiger partial charge in [-0.3, -0.25) is 14.4 Å². The van der Waals surface area contributed by atoms with Crippen molar-refractivity contribution in [2.24, 2.45) is 0 Å². The number of piperidine rings is 1. The molecule has 0 aromatic heterocycles. The molecule has 0 spiro atoms. The van der Waals surface area contributed by atoms with Crippen LogP contribution in [0.15, 0.2) is 54.6 Å². The zero-order valence-corrected chi connectivity index (χ0v) is 16.6. The minimum absolute atomic E-state index is 0.0260. The SMILES string of the molecule is CC(=O)Oc1cccc(C(=O)NC2CCN(C(=O)CCc3ccccc3)CC2)c1. The van der Waals surface area contributed by atoms with Crippen molar-refractivity contribution in [1.82, 2.24) is 10.2 Å². The Hall–Kier alpha value is -3.15. The van der Waals surface area contributed by atoms with Crippen LogP contribution in [0.2, 0.25) is 0 Å². The van der Waals surface area contributed by atoms with Crippen LogP contribution < -0.4 is 10.1 Å². The first-order valence-corrected chi connectivity index (χ1v) is 9.92. The van der Waals surface area contributed by atoms with E-state index in [4.69, 9.17) is 4.74 Å². The maximum Gasteiger partial charge on any atom is 0.308 e. The molecule has 29 heavy (non-hydrogen) atoms. The number of carbonyl (C=O) groups excluding carboxylic acids is 3. The van der Waals surface area contributed by atoms with Crippen LogP contribution in [0.1, 0.15) is 42.1 Å². The average molecular weight is 394 g/mol. The molecule has 2 amide bonds. The number of aryl methyl sites for hydroxylation is 1. The standard InChI is InChI=1S/C23H26N2O4/c1-17(26)29-21-9-5-8-19(16-21)23(28)24-20-12-14-25(15-13-20)22(27)11-10-18-6-3-2-4-7-18/h2-9,16,20H,10-15H2,1H3,(H,24,28). The van der Waals surface area contributed by atoms with Gasteiger partial charge in [-0.05, 0) is 43.0 Å². The van der Waals surface area contributed by atoms with Crippen molar-refractivity contribution in [1.29, 1.82) is 0 Å². The molecule has 0 saturated carbocycles. The van der Waals surface area contributed by atoms with Gasteiger partial charge in [-0.1, -0.05) is 36.4 Å². The maximum atomic E-state index is 12.5. The number of esters is 1. The summed E-state index contributed by atoms with van der Waals surface area (Å²) in [7, 11) is 0. The lowest BCUT2D eigenvalue weighted by atomic mass is 10.0. The van der Waals surface area contributed by atoms with Gasteiger partial charge >= 0.3 is 5.97 Å². The number of hydrogen-bond acceptors (Lipinski definition) is 4. The van der Waals surface area contributed by atoms with Crippen molar-refractivity contribution in [3.05, 3.63) is 65.7 Å². The number of likely N-dealkylation sites (tertiary alicyclic amines) is 1. The molecule has 6 heteroatoms. The van der Waals surface area contributed by atoms with E-state index in [0.717, 1.165) is 19.3 Å². The smallest absolute Gasteiger partial charge is 0.308 e. The third-order valence-corrected chi connectivity index (χ3v) is 5.01. The maximum absolute atomic E-state index is 12.5. The molecule has 2 aromatic carbocycles. The molecule has 152 valence electrons. The highest BCUT2D eigenvalue weighted by Crippen LogP contribution is 2.16. The minimum atomic E-state index is -0.424. The number of nitrogens with zero attached hydrogens (tertiary/aromatic N) is 1. The fraction of sp³-hybridized carbons (Fsp3) is 0.348. The molecular weight excluding hydrogens is 368 g/mol. The normalized spacial score (nSPS) is 14.3. The summed E-state index contributed by atoms with van der Waals surface area (Å²) in [5.74, 6) is -0.114. The fourth-order valence-electron chi connectivity index (χ4n) is 3.46. The number of benzene rings is 2. The summed E-state index contributed by atoms with van der Waals surface area (Å²) in [6.07, 6.45) is 2.71. The van der Waals surface area contributed by atoms with Crippen LogP contribution in [0.5, 0.6) is 5.75 Å². The van der Waals surface area contributed by atoms with Crippen molar-refractivity contribution in [2.45, 2.75) is 38.6 Å². The van der Waals surface area contributed by atoms with Crippen LogP contribution in [0, 0.1) is 0 Å². The Labute approximate surface area is 170 Å². The van der Waals surface area contributed by atoms with E-state index < -0.39 is 5.97 Å². The first-order valence-electron chi connectivity index (χ1n) is 9.92. The quantitative estimate of drug-likeness (QED) is 0.604. The predicted molar refractivity (Wildman–Crippen MR) is 110 cm³/mol. The predicted octanol–water partition coefficient (Wildman–Crippen LogP) is 2.97. The van der Waals surface area contributed by atoms with E-state index in [2.05, 4.69) is 5.32 Å². The second-order valence-corrected chi connectivity index (χ2v) is 7.24. The molecule has 0 radical (unpaired) electrons. The molecule has 3 rings (SSSR count). The van der Waals surface area contributed by atoms with Crippen LogP contribution in [0.4, 0.5) is 0 Å². The highest BCUT2D eigenvalue weighted by molar-refractivity contribution is 5.95. The highest BCUT2D eigenvalue weighted by atomic mass is 16.5. The van der Waals surface area contributed by atoms with E-state index in [1.165, 1.54) is 12.5 Å². The summed E-state index contributed by atoms with van der Waals surface area (Å²) in [4.78, 5) is 37.9. The number of hydrogen-bond donors (Lipinski definition) is 1. The summed E-state index contributed by atoms with van der Waals surface area (Å²) in [5.41, 5.74) is 1.61. The van der Waals surface area contributed by atoms with Gasteiger partial charge < -0.3 is 15.0 Å². The first-order chi connectivity index (χ1) is 14.0. The Morgan fingerprint density at radius 3 is 2.45 bits per heavy atom. The van der Waals surface area contributed by atoms with Crippen molar-refractivity contribution < 1.29 is 19.1 Å². The number of ether oxygens (including phenoxy) is 1. The van der Waals surface area contributed by atoms with Crippen molar-refractivity contribution >= 4 is 17.8 Å². The third kappa shape index (κ3) is 6.17. The van der Waals surface area contributed by atoms with Gasteiger partial charge in [0, 0.05) is 38.0 Å². The monoisotopic (exact) mass is 394 g/mol. The van der Waals surface area contributed by atoms with Gasteiger partial charge in [-0.25, -0.2) is 0 Å². The molecule has 2 aromatic rings. The van der Waals surface area contributed by atoms with Gasteiger partial charge in [0.1, 0.15) is 5.75 Å². The Balaban J connectivity index is 1.45. The van der Waals surface area contributed by atoms with Crippen molar-refractivity contribution in [3.8, 4) is 5.75 Å². The van der Waals surface area contributed by atoms with Gasteiger partial charge in [0.05, 0.1) is 0 Å². The Bertz CT molecular complexity index is 858. The van der Waals surface area contributed by atoms with Gasteiger partial charge in [-0.2, -0.15) is 0 Å². The molecule has 0 atom stereocenters. The molecule has 0 bridgehead atoms. The minimum Gasteiger partial charge on any atom is -0.427 e. The number of amides is 2. The van der Waals surface area contributed by atoms with Crippen molar-refractivity contribution in [3.63, 3.8) is 0 Å².